The van der Waals surface area contributed by atoms with Crippen LogP contribution in [0.5, 0.6) is 0 Å². The molecule has 2 N–H and O–H groups in total. The van der Waals surface area contributed by atoms with Gasteiger partial charge in [0.2, 0.25) is 11.8 Å². The number of nitrogens with one attached hydrogen (secondary N) is 2. The summed E-state index contributed by atoms with van der Waals surface area (Å²) in [5.74, 6) is -0.192. The van der Waals surface area contributed by atoms with Crippen LogP contribution in [0, 0.1) is 5.41 Å². The molecule has 0 saturated carbocycles. The first-order chi connectivity index (χ1) is 11.6. The largest absolute Gasteiger partial charge is 0.373 e. The van der Waals surface area contributed by atoms with Crippen molar-refractivity contribution in [2.75, 3.05) is 13.1 Å². The zero-order valence-electron chi connectivity index (χ0n) is 16.8. The van der Waals surface area contributed by atoms with Crippen LogP contribution in [0.15, 0.2) is 12.3 Å². The second-order valence-electron chi connectivity index (χ2n) is 8.38. The van der Waals surface area contributed by atoms with E-state index in [-0.39, 0.29) is 17.2 Å². The number of rotatable bonds is 8. The first kappa shape index (κ1) is 21.5. The van der Waals surface area contributed by atoms with Crippen LogP contribution in [-0.2, 0) is 9.59 Å². The highest BCUT2D eigenvalue weighted by Crippen LogP contribution is 2.23. The van der Waals surface area contributed by atoms with Crippen LogP contribution in [0.1, 0.15) is 73.1 Å². The number of carbonyl (C=O) groups excluding carboxylic acids is 2. The quantitative estimate of drug-likeness (QED) is 0.706. The second kappa shape index (κ2) is 9.83. The molecule has 1 fully saturated rings. The Hall–Kier alpha value is -1.52. The lowest BCUT2D eigenvalue weighted by Crippen LogP contribution is -2.48. The van der Waals surface area contributed by atoms with Gasteiger partial charge in [-0.2, -0.15) is 0 Å². The number of hydrogen-bond donors (Lipinski definition) is 2. The third-order valence-corrected chi connectivity index (χ3v) is 4.75. The van der Waals surface area contributed by atoms with Crippen LogP contribution < -0.4 is 10.6 Å². The lowest BCUT2D eigenvalue weighted by Gasteiger charge is -2.37. The van der Waals surface area contributed by atoms with Crippen molar-refractivity contribution in [3.63, 3.8) is 0 Å². The minimum absolute atomic E-state index is 0.0642. The Bertz CT molecular complexity index is 468. The van der Waals surface area contributed by atoms with Gasteiger partial charge in [-0.25, -0.2) is 0 Å². The molecule has 1 saturated heterocycles. The van der Waals surface area contributed by atoms with Crippen LogP contribution in [0.2, 0.25) is 0 Å². The van der Waals surface area contributed by atoms with Gasteiger partial charge in [0.05, 0.1) is 0 Å². The number of hydrogen-bond acceptors (Lipinski definition) is 3. The van der Waals surface area contributed by atoms with E-state index in [0.29, 0.717) is 25.4 Å². The highest BCUT2D eigenvalue weighted by Gasteiger charge is 2.26. The summed E-state index contributed by atoms with van der Waals surface area (Å²) in [6, 6.07) is -0.0956. The third-order valence-electron chi connectivity index (χ3n) is 4.75. The highest BCUT2D eigenvalue weighted by atomic mass is 16.2. The molecule has 1 heterocycles. The van der Waals surface area contributed by atoms with Crippen molar-refractivity contribution >= 4 is 11.8 Å². The molecule has 1 aliphatic heterocycles. The number of amides is 2. The summed E-state index contributed by atoms with van der Waals surface area (Å²) in [6.07, 6.45) is 5.26. The zero-order chi connectivity index (χ0) is 19.0. The van der Waals surface area contributed by atoms with Crippen LogP contribution in [0.3, 0.4) is 0 Å². The average molecular weight is 352 g/mol. The Labute approximate surface area is 153 Å². The van der Waals surface area contributed by atoms with Gasteiger partial charge in [0.1, 0.15) is 6.04 Å². The molecule has 2 amide bonds. The Kier molecular flexibility index (Phi) is 8.46. The molecule has 0 aromatic heterocycles. The van der Waals surface area contributed by atoms with Crippen molar-refractivity contribution < 1.29 is 9.59 Å². The molecular formula is C20H37N3O2. The van der Waals surface area contributed by atoms with Gasteiger partial charge in [-0.3, -0.25) is 9.59 Å². The Morgan fingerprint density at radius 3 is 2.52 bits per heavy atom. The maximum Gasteiger partial charge on any atom is 0.242 e. The number of likely N-dealkylation sites (N-methyl/N-ethyl adjacent to an activating group) is 1. The summed E-state index contributed by atoms with van der Waals surface area (Å²) in [6.45, 7) is 16.2. The fourth-order valence-corrected chi connectivity index (χ4v) is 3.18. The van der Waals surface area contributed by atoms with Crippen molar-refractivity contribution in [3.8, 4) is 0 Å². The lowest BCUT2D eigenvalue weighted by molar-refractivity contribution is -0.129. The van der Waals surface area contributed by atoms with Crippen LogP contribution in [0.25, 0.3) is 0 Å². The van der Waals surface area contributed by atoms with Gasteiger partial charge in [0.15, 0.2) is 0 Å². The molecule has 144 valence electrons. The lowest BCUT2D eigenvalue weighted by atomic mass is 9.90. The zero-order valence-corrected chi connectivity index (χ0v) is 16.8. The van der Waals surface area contributed by atoms with Crippen molar-refractivity contribution in [3.05, 3.63) is 12.3 Å². The maximum atomic E-state index is 12.4. The molecule has 1 rings (SSSR count). The maximum absolute atomic E-state index is 12.4. The molecule has 25 heavy (non-hydrogen) atoms. The van der Waals surface area contributed by atoms with Gasteiger partial charge in [0.25, 0.3) is 0 Å². The summed E-state index contributed by atoms with van der Waals surface area (Å²) < 4.78 is 0. The molecule has 5 nitrogen and oxygen atoms in total. The molecule has 0 radical (unpaired) electrons. The van der Waals surface area contributed by atoms with Crippen molar-refractivity contribution in [1.29, 1.82) is 0 Å². The van der Waals surface area contributed by atoms with Gasteiger partial charge in [-0.15, -0.1) is 0 Å². The summed E-state index contributed by atoms with van der Waals surface area (Å²) in [4.78, 5) is 27.0. The smallest absolute Gasteiger partial charge is 0.242 e. The molecule has 1 aliphatic rings. The van der Waals surface area contributed by atoms with Gasteiger partial charge in [-0.05, 0) is 44.9 Å². The topological polar surface area (TPSA) is 61.4 Å². The predicted octanol–water partition coefficient (Wildman–Crippen LogP) is 3.21. The summed E-state index contributed by atoms with van der Waals surface area (Å²) in [5.41, 5.74) is 1.05. The Morgan fingerprint density at radius 1 is 1.28 bits per heavy atom. The van der Waals surface area contributed by atoms with Crippen molar-refractivity contribution in [2.24, 2.45) is 5.41 Å². The summed E-state index contributed by atoms with van der Waals surface area (Å²) in [7, 11) is 0. The second-order valence-corrected chi connectivity index (χ2v) is 8.38. The standard InChI is InChI=1S/C20H37N3O2/c1-7-21-19(25)17(22-18(24)11-12-20(4,5)6)14-16(3)23-13-9-8-10-15(23)2/h15,17H,3,7-14H2,1-2,4-6H3,(H,21,25)(H,22,24)/t15-,17-/m0/s1. The van der Waals surface area contributed by atoms with E-state index in [0.717, 1.165) is 31.5 Å². The molecule has 0 aliphatic carbocycles. The molecule has 0 aromatic carbocycles. The van der Waals surface area contributed by atoms with Gasteiger partial charge in [0, 0.05) is 37.7 Å². The minimum atomic E-state index is -0.547. The third kappa shape index (κ3) is 7.93. The average Bonchev–Trinajstić information content (AvgIpc) is 2.52. The van der Waals surface area contributed by atoms with E-state index in [1.807, 2.05) is 6.92 Å². The molecule has 2 atom stereocenters. The first-order valence-corrected chi connectivity index (χ1v) is 9.65. The van der Waals surface area contributed by atoms with E-state index >= 15 is 0 Å². The van der Waals surface area contributed by atoms with E-state index in [9.17, 15) is 9.59 Å². The van der Waals surface area contributed by atoms with E-state index in [4.69, 9.17) is 0 Å². The summed E-state index contributed by atoms with van der Waals surface area (Å²) >= 11 is 0. The molecule has 0 aromatic rings. The van der Waals surface area contributed by atoms with E-state index < -0.39 is 6.04 Å². The number of nitrogens with zero attached hydrogens (tertiary/aromatic N) is 1. The van der Waals surface area contributed by atoms with E-state index in [2.05, 4.69) is 49.8 Å². The molecule has 0 spiro atoms. The molecule has 0 unspecified atom stereocenters. The van der Waals surface area contributed by atoms with Crippen molar-refractivity contribution in [1.82, 2.24) is 15.5 Å². The van der Waals surface area contributed by atoms with E-state index in [1.165, 1.54) is 6.42 Å². The minimum Gasteiger partial charge on any atom is -0.373 e. The van der Waals surface area contributed by atoms with Crippen LogP contribution in [-0.4, -0.2) is 41.9 Å². The van der Waals surface area contributed by atoms with Crippen LogP contribution >= 0.6 is 0 Å². The molecule has 5 heteroatoms. The van der Waals surface area contributed by atoms with Gasteiger partial charge in [-0.1, -0.05) is 27.4 Å². The van der Waals surface area contributed by atoms with Crippen molar-refractivity contribution in [2.45, 2.75) is 85.2 Å². The predicted molar refractivity (Wildman–Crippen MR) is 103 cm³/mol. The summed E-state index contributed by atoms with van der Waals surface area (Å²) in [5, 5.41) is 5.75. The number of carbonyl (C=O) groups is 2. The van der Waals surface area contributed by atoms with Crippen LogP contribution in [0.4, 0.5) is 0 Å². The fraction of sp³-hybridized carbons (Fsp3) is 0.800. The fourth-order valence-electron chi connectivity index (χ4n) is 3.18. The Balaban J connectivity index is 2.67. The molecule has 0 bridgehead atoms. The van der Waals surface area contributed by atoms with Gasteiger partial charge < -0.3 is 15.5 Å². The Morgan fingerprint density at radius 2 is 1.96 bits per heavy atom. The van der Waals surface area contributed by atoms with Gasteiger partial charge >= 0.3 is 0 Å². The SMILES string of the molecule is C=C(C[C@H](NC(=O)CCC(C)(C)C)C(=O)NCC)N1CCCC[C@@H]1C. The first-order valence-electron chi connectivity index (χ1n) is 9.65. The molecular weight excluding hydrogens is 314 g/mol. The highest BCUT2D eigenvalue weighted by molar-refractivity contribution is 5.87. The van der Waals surface area contributed by atoms with E-state index in [1.54, 1.807) is 0 Å². The normalized spacial score (nSPS) is 19.2. The monoisotopic (exact) mass is 351 g/mol. The number of piperidine rings is 1. The number of likely N-dealkylation sites (tertiary alicyclic amines) is 1.